The molecule has 0 radical (unpaired) electrons. The number of amides is 1. The van der Waals surface area contributed by atoms with Crippen molar-refractivity contribution < 1.29 is 9.72 Å². The highest BCUT2D eigenvalue weighted by atomic mass is 35.5. The van der Waals surface area contributed by atoms with Gasteiger partial charge in [0.2, 0.25) is 0 Å². The molecule has 3 aromatic rings. The smallest absolute Gasteiger partial charge is 0.283 e. The summed E-state index contributed by atoms with van der Waals surface area (Å²) in [7, 11) is 0. The van der Waals surface area contributed by atoms with Crippen LogP contribution in [-0.4, -0.2) is 15.8 Å². The molecular formula is C22H15ClN4O3S. The molecule has 0 fully saturated rings. The molecule has 0 aliphatic carbocycles. The van der Waals surface area contributed by atoms with Crippen LogP contribution in [0.2, 0.25) is 5.02 Å². The maximum absolute atomic E-state index is 12.5. The van der Waals surface area contributed by atoms with E-state index in [1.54, 1.807) is 54.7 Å². The average molecular weight is 451 g/mol. The summed E-state index contributed by atoms with van der Waals surface area (Å²) in [4.78, 5) is 28.1. The van der Waals surface area contributed by atoms with Crippen LogP contribution in [0.1, 0.15) is 11.1 Å². The van der Waals surface area contributed by atoms with Crippen LogP contribution in [0.5, 0.6) is 0 Å². The topological polar surface area (TPSA) is 109 Å². The first kappa shape index (κ1) is 22.0. The first-order chi connectivity index (χ1) is 14.9. The number of nitro benzene ring substituents is 1. The lowest BCUT2D eigenvalue weighted by Crippen LogP contribution is -2.13. The number of aromatic nitrogens is 1. The minimum Gasteiger partial charge on any atom is -0.321 e. The molecule has 0 bridgehead atoms. The van der Waals surface area contributed by atoms with Gasteiger partial charge in [-0.05, 0) is 54.5 Å². The number of nitrogens with zero attached hydrogens (tertiary/aromatic N) is 3. The second-order valence-electron chi connectivity index (χ2n) is 6.34. The number of benzene rings is 2. The van der Waals surface area contributed by atoms with Crippen molar-refractivity contribution in [3.05, 3.63) is 92.6 Å². The number of halogens is 1. The van der Waals surface area contributed by atoms with E-state index in [1.165, 1.54) is 12.1 Å². The van der Waals surface area contributed by atoms with E-state index in [9.17, 15) is 20.2 Å². The second kappa shape index (κ2) is 9.89. The third kappa shape index (κ3) is 5.69. The number of hydrogen-bond donors (Lipinski definition) is 1. The summed E-state index contributed by atoms with van der Waals surface area (Å²) in [6.45, 7) is 1.83. The normalized spacial score (nSPS) is 10.9. The van der Waals surface area contributed by atoms with Gasteiger partial charge in [0.25, 0.3) is 11.6 Å². The van der Waals surface area contributed by atoms with Crippen LogP contribution in [0.4, 0.5) is 11.4 Å². The van der Waals surface area contributed by atoms with E-state index in [4.69, 9.17) is 11.6 Å². The summed E-state index contributed by atoms with van der Waals surface area (Å²) in [6, 6.07) is 16.6. The van der Waals surface area contributed by atoms with Crippen LogP contribution in [0.3, 0.4) is 0 Å². The molecule has 0 saturated heterocycles. The summed E-state index contributed by atoms with van der Waals surface area (Å²) in [5, 5.41) is 24.7. The summed E-state index contributed by atoms with van der Waals surface area (Å²) in [6.07, 6.45) is 2.90. The third-order valence-corrected chi connectivity index (χ3v) is 5.56. The first-order valence-corrected chi connectivity index (χ1v) is 10.1. The number of nitrogens with one attached hydrogen (secondary N) is 1. The van der Waals surface area contributed by atoms with E-state index in [-0.39, 0.29) is 11.3 Å². The molecule has 1 amide bonds. The number of aryl methyl sites for hydroxylation is 1. The second-order valence-corrected chi connectivity index (χ2v) is 7.81. The Balaban J connectivity index is 1.86. The van der Waals surface area contributed by atoms with Gasteiger partial charge in [0.1, 0.15) is 16.7 Å². The predicted molar refractivity (Wildman–Crippen MR) is 120 cm³/mol. The number of rotatable bonds is 6. The van der Waals surface area contributed by atoms with Gasteiger partial charge in [0.15, 0.2) is 0 Å². The van der Waals surface area contributed by atoms with Gasteiger partial charge in [-0.1, -0.05) is 41.6 Å². The van der Waals surface area contributed by atoms with Crippen LogP contribution in [0.15, 0.2) is 76.3 Å². The monoisotopic (exact) mass is 450 g/mol. The molecule has 0 unspecified atom stereocenters. The highest BCUT2D eigenvalue weighted by Gasteiger charge is 2.17. The molecule has 9 heteroatoms. The Morgan fingerprint density at radius 2 is 2.06 bits per heavy atom. The molecule has 7 nitrogen and oxygen atoms in total. The van der Waals surface area contributed by atoms with Crippen LogP contribution in [-0.2, 0) is 4.79 Å². The van der Waals surface area contributed by atoms with Gasteiger partial charge in [0.05, 0.1) is 9.82 Å². The van der Waals surface area contributed by atoms with E-state index in [2.05, 4.69) is 10.3 Å². The van der Waals surface area contributed by atoms with Gasteiger partial charge in [-0.2, -0.15) is 5.26 Å². The fourth-order valence-electron chi connectivity index (χ4n) is 2.56. The Hall–Kier alpha value is -3.67. The van der Waals surface area contributed by atoms with Crippen LogP contribution >= 0.6 is 23.4 Å². The fraction of sp³-hybridized carbons (Fsp3) is 0.0455. The minimum atomic E-state index is -0.642. The molecule has 1 aromatic heterocycles. The van der Waals surface area contributed by atoms with Crippen LogP contribution < -0.4 is 5.32 Å². The van der Waals surface area contributed by atoms with Gasteiger partial charge in [-0.25, -0.2) is 4.98 Å². The van der Waals surface area contributed by atoms with E-state index < -0.39 is 10.8 Å². The highest BCUT2D eigenvalue weighted by Crippen LogP contribution is 2.34. The van der Waals surface area contributed by atoms with Gasteiger partial charge in [0, 0.05) is 23.0 Å². The van der Waals surface area contributed by atoms with E-state index >= 15 is 0 Å². The van der Waals surface area contributed by atoms with Crippen molar-refractivity contribution in [2.75, 3.05) is 5.32 Å². The molecule has 0 aliphatic heterocycles. The molecule has 31 heavy (non-hydrogen) atoms. The quantitative estimate of drug-likeness (QED) is 0.225. The van der Waals surface area contributed by atoms with Gasteiger partial charge in [-0.3, -0.25) is 14.9 Å². The lowest BCUT2D eigenvalue weighted by atomic mass is 10.1. The van der Waals surface area contributed by atoms with Crippen LogP contribution in [0.25, 0.3) is 6.08 Å². The summed E-state index contributed by atoms with van der Waals surface area (Å²) in [5.74, 6) is -0.642. The van der Waals surface area contributed by atoms with Crippen molar-refractivity contribution in [3.8, 4) is 6.07 Å². The van der Waals surface area contributed by atoms with Crippen LogP contribution in [0, 0.1) is 28.4 Å². The standard InChI is InChI=1S/C22H15ClN4O3S/c1-14-5-7-17(12-18(14)23)26-22(28)16(13-24)10-15-6-8-20(19(11-15)27(29)30)31-21-4-2-3-9-25-21/h2-12H,1H3,(H,26,28)/b16-10+. The first-order valence-electron chi connectivity index (χ1n) is 8.94. The Labute approximate surface area is 187 Å². The van der Waals surface area contributed by atoms with E-state index in [0.29, 0.717) is 26.2 Å². The molecule has 154 valence electrons. The van der Waals surface area contributed by atoms with Crippen molar-refractivity contribution in [1.29, 1.82) is 5.26 Å². The molecule has 0 atom stereocenters. The zero-order valence-corrected chi connectivity index (χ0v) is 17.8. The molecule has 0 saturated carbocycles. The number of nitro groups is 1. The van der Waals surface area contributed by atoms with Crippen molar-refractivity contribution in [2.24, 2.45) is 0 Å². The maximum Gasteiger partial charge on any atom is 0.283 e. The van der Waals surface area contributed by atoms with Gasteiger partial charge < -0.3 is 5.32 Å². The molecule has 0 spiro atoms. The van der Waals surface area contributed by atoms with Crippen molar-refractivity contribution in [2.45, 2.75) is 16.8 Å². The highest BCUT2D eigenvalue weighted by molar-refractivity contribution is 7.99. The predicted octanol–water partition coefficient (Wildman–Crippen LogP) is 5.65. The number of nitriles is 1. The average Bonchev–Trinajstić information content (AvgIpc) is 2.76. The Morgan fingerprint density at radius 3 is 2.71 bits per heavy atom. The zero-order chi connectivity index (χ0) is 22.4. The zero-order valence-electron chi connectivity index (χ0n) is 16.2. The molecule has 3 rings (SSSR count). The van der Waals surface area contributed by atoms with Crippen molar-refractivity contribution >= 4 is 46.7 Å². The van der Waals surface area contributed by atoms with Crippen molar-refractivity contribution in [1.82, 2.24) is 4.98 Å². The molecule has 1 heterocycles. The summed E-state index contributed by atoms with van der Waals surface area (Å²) in [5.41, 5.74) is 1.30. The number of hydrogen-bond acceptors (Lipinski definition) is 6. The fourth-order valence-corrected chi connectivity index (χ4v) is 3.60. The van der Waals surface area contributed by atoms with Crippen molar-refractivity contribution in [3.63, 3.8) is 0 Å². The third-order valence-electron chi connectivity index (χ3n) is 4.14. The largest absolute Gasteiger partial charge is 0.321 e. The molecule has 0 aliphatic rings. The summed E-state index contributed by atoms with van der Waals surface area (Å²) < 4.78 is 0. The lowest BCUT2D eigenvalue weighted by molar-refractivity contribution is -0.387. The molecular weight excluding hydrogens is 436 g/mol. The number of carbonyl (C=O) groups is 1. The lowest BCUT2D eigenvalue weighted by Gasteiger charge is -2.07. The number of carbonyl (C=O) groups excluding carboxylic acids is 1. The Bertz CT molecular complexity index is 1220. The maximum atomic E-state index is 12.5. The summed E-state index contributed by atoms with van der Waals surface area (Å²) >= 11 is 7.22. The SMILES string of the molecule is Cc1ccc(NC(=O)/C(C#N)=C/c2ccc(Sc3ccccn3)c([N+](=O)[O-])c2)cc1Cl. The van der Waals surface area contributed by atoms with E-state index in [0.717, 1.165) is 17.3 Å². The van der Waals surface area contributed by atoms with Gasteiger partial charge in [-0.15, -0.1) is 0 Å². The molecule has 1 N–H and O–H groups in total. The number of anilines is 1. The van der Waals surface area contributed by atoms with E-state index in [1.807, 2.05) is 13.0 Å². The van der Waals surface area contributed by atoms with Gasteiger partial charge >= 0.3 is 0 Å². The Kier molecular flexibility index (Phi) is 7.03. The minimum absolute atomic E-state index is 0.146. The molecule has 2 aromatic carbocycles. The Morgan fingerprint density at radius 1 is 1.26 bits per heavy atom. The number of pyridine rings is 1.